The molecule has 3 aliphatic rings. The number of hydrogen-bond acceptors (Lipinski definition) is 5. The summed E-state index contributed by atoms with van der Waals surface area (Å²) < 4.78 is 22.7. The minimum absolute atomic E-state index is 0.0829. The van der Waals surface area contributed by atoms with Gasteiger partial charge in [-0.2, -0.15) is 0 Å². The lowest BCUT2D eigenvalue weighted by atomic mass is 9.82. The normalized spacial score (nSPS) is 22.9. The number of hydrogen-bond donors (Lipinski definition) is 1. The molecule has 2 atom stereocenters. The lowest BCUT2D eigenvalue weighted by Crippen LogP contribution is -2.41. The van der Waals surface area contributed by atoms with Crippen LogP contribution in [0.1, 0.15) is 49.1 Å². The Morgan fingerprint density at radius 2 is 1.87 bits per heavy atom. The van der Waals surface area contributed by atoms with Gasteiger partial charge in [0.25, 0.3) is 0 Å². The maximum atomic E-state index is 12.6. The van der Waals surface area contributed by atoms with Crippen LogP contribution in [0.15, 0.2) is 36.4 Å². The number of ether oxygens (including phenoxy) is 4. The Labute approximate surface area is 182 Å². The molecule has 0 bridgehead atoms. The SMILES string of the molecule is COc1ccc([C@H]2CNC(=O)[C@@H](Cc3ccc4c(c3)OCO4)C2)cc1OC1CCCC1. The summed E-state index contributed by atoms with van der Waals surface area (Å²) in [6, 6.07) is 12.1. The number of nitrogens with one attached hydrogen (secondary N) is 1. The predicted molar refractivity (Wildman–Crippen MR) is 116 cm³/mol. The zero-order valence-electron chi connectivity index (χ0n) is 17.9. The minimum Gasteiger partial charge on any atom is -0.493 e. The molecule has 2 aromatic carbocycles. The smallest absolute Gasteiger partial charge is 0.231 e. The van der Waals surface area contributed by atoms with Crippen molar-refractivity contribution >= 4 is 5.91 Å². The molecular formula is C25H29NO5. The molecule has 0 radical (unpaired) electrons. The highest BCUT2D eigenvalue weighted by molar-refractivity contribution is 5.80. The Bertz CT molecular complexity index is 953. The third kappa shape index (κ3) is 4.29. The first kappa shape index (κ1) is 20.0. The van der Waals surface area contributed by atoms with Gasteiger partial charge >= 0.3 is 0 Å². The number of rotatable bonds is 6. The summed E-state index contributed by atoms with van der Waals surface area (Å²) in [5, 5.41) is 3.11. The van der Waals surface area contributed by atoms with Crippen molar-refractivity contribution in [2.75, 3.05) is 20.4 Å². The first-order valence-electron chi connectivity index (χ1n) is 11.2. The second-order valence-electron chi connectivity index (χ2n) is 8.70. The van der Waals surface area contributed by atoms with Gasteiger partial charge in [0, 0.05) is 18.4 Å². The van der Waals surface area contributed by atoms with E-state index >= 15 is 0 Å². The number of methoxy groups -OCH3 is 1. The molecule has 2 fully saturated rings. The van der Waals surface area contributed by atoms with Crippen LogP contribution in [0.5, 0.6) is 23.0 Å². The van der Waals surface area contributed by atoms with E-state index in [1.807, 2.05) is 24.3 Å². The highest BCUT2D eigenvalue weighted by atomic mass is 16.7. The zero-order chi connectivity index (χ0) is 21.2. The van der Waals surface area contributed by atoms with E-state index in [1.165, 1.54) is 18.4 Å². The van der Waals surface area contributed by atoms with Crippen LogP contribution in [-0.4, -0.2) is 32.5 Å². The number of fused-ring (bicyclic) bond motifs is 1. The Hall–Kier alpha value is -2.89. The summed E-state index contributed by atoms with van der Waals surface area (Å²) in [7, 11) is 1.68. The maximum absolute atomic E-state index is 12.6. The van der Waals surface area contributed by atoms with Gasteiger partial charge < -0.3 is 24.3 Å². The van der Waals surface area contributed by atoms with E-state index in [-0.39, 0.29) is 30.6 Å². The van der Waals surface area contributed by atoms with E-state index in [0.29, 0.717) is 13.0 Å². The third-order valence-electron chi connectivity index (χ3n) is 6.64. The first-order valence-corrected chi connectivity index (χ1v) is 11.2. The van der Waals surface area contributed by atoms with Gasteiger partial charge in [-0.3, -0.25) is 4.79 Å². The van der Waals surface area contributed by atoms with E-state index in [2.05, 4.69) is 17.4 Å². The molecule has 2 heterocycles. The van der Waals surface area contributed by atoms with Crippen LogP contribution in [0, 0.1) is 5.92 Å². The number of carbonyl (C=O) groups is 1. The number of carbonyl (C=O) groups excluding carboxylic acids is 1. The van der Waals surface area contributed by atoms with E-state index < -0.39 is 0 Å². The lowest BCUT2D eigenvalue weighted by Gasteiger charge is -2.30. The summed E-state index contributed by atoms with van der Waals surface area (Å²) in [5.74, 6) is 3.39. The lowest BCUT2D eigenvalue weighted by molar-refractivity contribution is -0.126. The predicted octanol–water partition coefficient (Wildman–Crippen LogP) is 4.21. The molecule has 6 nitrogen and oxygen atoms in total. The van der Waals surface area contributed by atoms with Crippen molar-refractivity contribution in [2.24, 2.45) is 5.92 Å². The Kier molecular flexibility index (Phi) is 5.62. The van der Waals surface area contributed by atoms with Crippen molar-refractivity contribution in [3.8, 4) is 23.0 Å². The van der Waals surface area contributed by atoms with Crippen molar-refractivity contribution in [1.29, 1.82) is 0 Å². The van der Waals surface area contributed by atoms with E-state index in [0.717, 1.165) is 47.8 Å². The molecular weight excluding hydrogens is 394 g/mol. The molecule has 31 heavy (non-hydrogen) atoms. The van der Waals surface area contributed by atoms with Gasteiger partial charge in [-0.25, -0.2) is 0 Å². The molecule has 2 aromatic rings. The van der Waals surface area contributed by atoms with Gasteiger partial charge in [0.2, 0.25) is 12.7 Å². The summed E-state index contributed by atoms with van der Waals surface area (Å²) in [6.45, 7) is 0.902. The van der Waals surface area contributed by atoms with Crippen molar-refractivity contribution in [3.05, 3.63) is 47.5 Å². The second-order valence-corrected chi connectivity index (χ2v) is 8.70. The fraction of sp³-hybridized carbons (Fsp3) is 0.480. The Morgan fingerprint density at radius 1 is 1.03 bits per heavy atom. The molecule has 1 amide bonds. The molecule has 1 aliphatic carbocycles. The zero-order valence-corrected chi connectivity index (χ0v) is 17.9. The van der Waals surface area contributed by atoms with E-state index in [1.54, 1.807) is 7.11 Å². The van der Waals surface area contributed by atoms with Crippen LogP contribution >= 0.6 is 0 Å². The number of amides is 1. The van der Waals surface area contributed by atoms with Crippen LogP contribution in [0.4, 0.5) is 0 Å². The van der Waals surface area contributed by atoms with Crippen molar-refractivity contribution in [3.63, 3.8) is 0 Å². The van der Waals surface area contributed by atoms with Crippen LogP contribution in [-0.2, 0) is 11.2 Å². The van der Waals surface area contributed by atoms with E-state index in [9.17, 15) is 4.79 Å². The minimum atomic E-state index is -0.0829. The Balaban J connectivity index is 1.31. The number of piperidine rings is 1. The molecule has 1 saturated heterocycles. The third-order valence-corrected chi connectivity index (χ3v) is 6.64. The highest BCUT2D eigenvalue weighted by Crippen LogP contribution is 2.38. The standard InChI is InChI=1S/C25H29NO5/c1-28-21-9-7-17(13-24(21)31-20-4-2-3-5-20)19-12-18(25(27)26-14-19)10-16-6-8-22-23(11-16)30-15-29-22/h6-9,11,13,18-20H,2-5,10,12,14-15H2,1H3,(H,26,27)/t18-,19+/m0/s1. The average Bonchev–Trinajstić information content (AvgIpc) is 3.47. The summed E-state index contributed by atoms with van der Waals surface area (Å²) in [6.07, 6.45) is 6.41. The molecule has 1 N–H and O–H groups in total. The second kappa shape index (κ2) is 8.69. The molecule has 5 rings (SSSR count). The average molecular weight is 424 g/mol. The van der Waals surface area contributed by atoms with Crippen LogP contribution in [0.3, 0.4) is 0 Å². The van der Waals surface area contributed by atoms with Crippen LogP contribution in [0.2, 0.25) is 0 Å². The van der Waals surface area contributed by atoms with Gasteiger partial charge in [0.05, 0.1) is 13.2 Å². The fourth-order valence-corrected chi connectivity index (χ4v) is 4.91. The van der Waals surface area contributed by atoms with Crippen LogP contribution < -0.4 is 24.3 Å². The first-order chi connectivity index (χ1) is 15.2. The van der Waals surface area contributed by atoms with Gasteiger partial charge in [-0.15, -0.1) is 0 Å². The van der Waals surface area contributed by atoms with Gasteiger partial charge in [-0.05, 0) is 73.9 Å². The highest BCUT2D eigenvalue weighted by Gasteiger charge is 2.31. The topological polar surface area (TPSA) is 66.0 Å². The molecule has 0 aromatic heterocycles. The van der Waals surface area contributed by atoms with Gasteiger partial charge in [0.1, 0.15) is 0 Å². The van der Waals surface area contributed by atoms with Crippen molar-refractivity contribution in [1.82, 2.24) is 5.32 Å². The largest absolute Gasteiger partial charge is 0.493 e. The molecule has 6 heteroatoms. The van der Waals surface area contributed by atoms with Gasteiger partial charge in [0.15, 0.2) is 23.0 Å². The monoisotopic (exact) mass is 423 g/mol. The van der Waals surface area contributed by atoms with Crippen molar-refractivity contribution < 1.29 is 23.7 Å². The number of benzene rings is 2. The molecule has 0 spiro atoms. The van der Waals surface area contributed by atoms with E-state index in [4.69, 9.17) is 18.9 Å². The fourth-order valence-electron chi connectivity index (χ4n) is 4.91. The molecule has 1 saturated carbocycles. The summed E-state index contributed by atoms with van der Waals surface area (Å²) >= 11 is 0. The molecule has 164 valence electrons. The quantitative estimate of drug-likeness (QED) is 0.754. The van der Waals surface area contributed by atoms with Gasteiger partial charge in [-0.1, -0.05) is 12.1 Å². The molecule has 2 aliphatic heterocycles. The van der Waals surface area contributed by atoms with Crippen LogP contribution in [0.25, 0.3) is 0 Å². The van der Waals surface area contributed by atoms with Crippen molar-refractivity contribution in [2.45, 2.75) is 50.5 Å². The summed E-state index contributed by atoms with van der Waals surface area (Å²) in [5.41, 5.74) is 2.27. The Morgan fingerprint density at radius 3 is 2.71 bits per heavy atom. The molecule has 0 unspecified atom stereocenters. The summed E-state index contributed by atoms with van der Waals surface area (Å²) in [4.78, 5) is 12.6. The maximum Gasteiger partial charge on any atom is 0.231 e.